The molecule has 1 aromatic carbocycles. The number of hydrazone groups is 1. The van der Waals surface area contributed by atoms with Gasteiger partial charge in [-0.2, -0.15) is 5.10 Å². The highest BCUT2D eigenvalue weighted by molar-refractivity contribution is 7.13. The van der Waals surface area contributed by atoms with Crippen LogP contribution < -0.4 is 5.43 Å². The van der Waals surface area contributed by atoms with Crippen LogP contribution in [0, 0.1) is 17.0 Å². The SMILES string of the molecule is Cc1csc(NN=Cc2cc([N+](=O)[O-])c(O)cc2O)n1. The number of aromatic nitrogens is 1. The van der Waals surface area contributed by atoms with Crippen LogP contribution in [0.4, 0.5) is 10.8 Å². The van der Waals surface area contributed by atoms with Crippen molar-refractivity contribution in [3.05, 3.63) is 38.9 Å². The number of thiazole rings is 1. The maximum atomic E-state index is 10.7. The lowest BCUT2D eigenvalue weighted by Gasteiger charge is -2.01. The van der Waals surface area contributed by atoms with Gasteiger partial charge >= 0.3 is 5.69 Å². The van der Waals surface area contributed by atoms with Crippen molar-refractivity contribution in [3.63, 3.8) is 0 Å². The highest BCUT2D eigenvalue weighted by Gasteiger charge is 2.16. The van der Waals surface area contributed by atoms with Crippen LogP contribution in [0.1, 0.15) is 11.3 Å². The Kier molecular flexibility index (Phi) is 3.80. The molecule has 104 valence electrons. The van der Waals surface area contributed by atoms with Crippen molar-refractivity contribution < 1.29 is 15.1 Å². The number of aryl methyl sites for hydroxylation is 1. The Morgan fingerprint density at radius 2 is 2.20 bits per heavy atom. The number of phenolic OH excluding ortho intramolecular Hbond substituents is 2. The molecule has 9 heteroatoms. The summed E-state index contributed by atoms with van der Waals surface area (Å²) in [6.45, 7) is 1.83. The number of nitro benzene ring substituents is 1. The first-order valence-corrected chi connectivity index (χ1v) is 6.27. The molecule has 2 aromatic rings. The molecule has 0 aliphatic carbocycles. The molecule has 0 radical (unpaired) electrons. The molecule has 0 unspecified atom stereocenters. The zero-order valence-corrected chi connectivity index (χ0v) is 11.1. The normalized spacial score (nSPS) is 10.8. The second-order valence-electron chi connectivity index (χ2n) is 3.82. The number of benzene rings is 1. The lowest BCUT2D eigenvalue weighted by atomic mass is 10.2. The molecule has 0 saturated heterocycles. The first-order chi connectivity index (χ1) is 9.47. The van der Waals surface area contributed by atoms with Crippen molar-refractivity contribution in [1.29, 1.82) is 0 Å². The van der Waals surface area contributed by atoms with Crippen LogP contribution in [0.3, 0.4) is 0 Å². The van der Waals surface area contributed by atoms with Crippen molar-refractivity contribution in [2.45, 2.75) is 6.92 Å². The summed E-state index contributed by atoms with van der Waals surface area (Å²) in [7, 11) is 0. The van der Waals surface area contributed by atoms with Crippen LogP contribution in [0.15, 0.2) is 22.6 Å². The number of rotatable bonds is 4. The van der Waals surface area contributed by atoms with E-state index in [9.17, 15) is 20.3 Å². The summed E-state index contributed by atoms with van der Waals surface area (Å²) in [5, 5.41) is 35.8. The van der Waals surface area contributed by atoms with Gasteiger partial charge in [-0.25, -0.2) is 4.98 Å². The standard InChI is InChI=1S/C11H10N4O4S/c1-6-5-20-11(13-6)14-12-4-7-2-8(15(18)19)10(17)3-9(7)16/h2-5,16-17H,1H3,(H,13,14). The number of aromatic hydroxyl groups is 2. The number of hydrogen-bond donors (Lipinski definition) is 3. The topological polar surface area (TPSA) is 121 Å². The Balaban J connectivity index is 2.20. The molecule has 1 aromatic heterocycles. The minimum atomic E-state index is -0.746. The molecule has 0 spiro atoms. The second-order valence-corrected chi connectivity index (χ2v) is 4.68. The lowest BCUT2D eigenvalue weighted by Crippen LogP contribution is -1.94. The van der Waals surface area contributed by atoms with E-state index in [-0.39, 0.29) is 11.3 Å². The van der Waals surface area contributed by atoms with Crippen LogP contribution in [0.2, 0.25) is 0 Å². The number of anilines is 1. The highest BCUT2D eigenvalue weighted by atomic mass is 32.1. The maximum absolute atomic E-state index is 10.7. The number of phenols is 2. The Hall–Kier alpha value is -2.68. The molecule has 0 aliphatic heterocycles. The summed E-state index contributed by atoms with van der Waals surface area (Å²) in [6.07, 6.45) is 1.21. The van der Waals surface area contributed by atoms with E-state index in [1.807, 2.05) is 12.3 Å². The maximum Gasteiger partial charge on any atom is 0.311 e. The molecule has 20 heavy (non-hydrogen) atoms. The molecule has 0 amide bonds. The average Bonchev–Trinajstić information content (AvgIpc) is 2.77. The van der Waals surface area contributed by atoms with Crippen LogP contribution in [0.5, 0.6) is 11.5 Å². The van der Waals surface area contributed by atoms with E-state index in [2.05, 4.69) is 15.5 Å². The van der Waals surface area contributed by atoms with Crippen LogP contribution in [0.25, 0.3) is 0 Å². The molecule has 0 fully saturated rings. The molecular weight excluding hydrogens is 284 g/mol. The molecule has 1 heterocycles. The van der Waals surface area contributed by atoms with Crippen molar-refractivity contribution in [2.75, 3.05) is 5.43 Å². The summed E-state index contributed by atoms with van der Waals surface area (Å²) in [4.78, 5) is 14.0. The van der Waals surface area contributed by atoms with E-state index >= 15 is 0 Å². The second kappa shape index (κ2) is 5.53. The number of hydrogen-bond acceptors (Lipinski definition) is 8. The third kappa shape index (κ3) is 3.01. The molecular formula is C11H10N4O4S. The number of nitro groups is 1. The zero-order chi connectivity index (χ0) is 14.7. The van der Waals surface area contributed by atoms with E-state index < -0.39 is 16.4 Å². The Morgan fingerprint density at radius 1 is 1.45 bits per heavy atom. The van der Waals surface area contributed by atoms with Gasteiger partial charge in [-0.1, -0.05) is 0 Å². The summed E-state index contributed by atoms with van der Waals surface area (Å²) in [5.74, 6) is -0.915. The zero-order valence-electron chi connectivity index (χ0n) is 10.3. The molecule has 0 bridgehead atoms. The average molecular weight is 294 g/mol. The minimum absolute atomic E-state index is 0.107. The van der Waals surface area contributed by atoms with Gasteiger partial charge in [0.2, 0.25) is 5.13 Å². The monoisotopic (exact) mass is 294 g/mol. The number of nitrogens with one attached hydrogen (secondary N) is 1. The molecule has 2 rings (SSSR count). The van der Waals surface area contributed by atoms with Gasteiger partial charge in [0, 0.05) is 23.1 Å². The summed E-state index contributed by atoms with van der Waals surface area (Å²) < 4.78 is 0. The Labute approximate surface area is 117 Å². The van der Waals surface area contributed by atoms with Gasteiger partial charge in [-0.05, 0) is 6.92 Å². The first kappa shape index (κ1) is 13.7. The van der Waals surface area contributed by atoms with Gasteiger partial charge in [-0.3, -0.25) is 15.5 Å². The van der Waals surface area contributed by atoms with Crippen molar-refractivity contribution in [3.8, 4) is 11.5 Å². The first-order valence-electron chi connectivity index (χ1n) is 5.39. The van der Waals surface area contributed by atoms with Gasteiger partial charge in [-0.15, -0.1) is 11.3 Å². The van der Waals surface area contributed by atoms with E-state index in [1.165, 1.54) is 17.6 Å². The molecule has 8 nitrogen and oxygen atoms in total. The fraction of sp³-hybridized carbons (Fsp3) is 0.0909. The van der Waals surface area contributed by atoms with E-state index in [1.54, 1.807) is 0 Å². The smallest absolute Gasteiger partial charge is 0.311 e. The number of nitrogens with zero attached hydrogens (tertiary/aromatic N) is 3. The largest absolute Gasteiger partial charge is 0.507 e. The fourth-order valence-corrected chi connectivity index (χ4v) is 2.03. The fourth-order valence-electron chi connectivity index (χ4n) is 1.39. The molecule has 0 atom stereocenters. The van der Waals surface area contributed by atoms with Gasteiger partial charge < -0.3 is 10.2 Å². The summed E-state index contributed by atoms with van der Waals surface area (Å²) in [5.41, 5.74) is 3.08. The van der Waals surface area contributed by atoms with Crippen molar-refractivity contribution in [1.82, 2.24) is 4.98 Å². The van der Waals surface area contributed by atoms with E-state index in [4.69, 9.17) is 0 Å². The third-order valence-electron chi connectivity index (χ3n) is 2.30. The quantitative estimate of drug-likeness (QED) is 0.451. The highest BCUT2D eigenvalue weighted by Crippen LogP contribution is 2.32. The van der Waals surface area contributed by atoms with Gasteiger partial charge in [0.05, 0.1) is 16.8 Å². The minimum Gasteiger partial charge on any atom is -0.507 e. The molecule has 0 aliphatic rings. The van der Waals surface area contributed by atoms with E-state index in [0.29, 0.717) is 5.13 Å². The van der Waals surface area contributed by atoms with Crippen molar-refractivity contribution >= 4 is 28.4 Å². The molecule has 3 N–H and O–H groups in total. The third-order valence-corrected chi connectivity index (χ3v) is 3.17. The Bertz CT molecular complexity index is 683. The summed E-state index contributed by atoms with van der Waals surface area (Å²) in [6, 6.07) is 1.93. The van der Waals surface area contributed by atoms with Crippen LogP contribution in [-0.4, -0.2) is 26.3 Å². The van der Waals surface area contributed by atoms with Gasteiger partial charge in [0.1, 0.15) is 5.75 Å². The van der Waals surface area contributed by atoms with Crippen LogP contribution >= 0.6 is 11.3 Å². The van der Waals surface area contributed by atoms with Crippen molar-refractivity contribution in [2.24, 2.45) is 5.10 Å². The van der Waals surface area contributed by atoms with Crippen LogP contribution in [-0.2, 0) is 0 Å². The van der Waals surface area contributed by atoms with E-state index in [0.717, 1.165) is 17.8 Å². The van der Waals surface area contributed by atoms with Gasteiger partial charge in [0.25, 0.3) is 0 Å². The molecule has 0 saturated carbocycles. The van der Waals surface area contributed by atoms with Gasteiger partial charge in [0.15, 0.2) is 5.75 Å². The predicted molar refractivity (Wildman–Crippen MR) is 74.5 cm³/mol. The summed E-state index contributed by atoms with van der Waals surface area (Å²) >= 11 is 1.35. The lowest BCUT2D eigenvalue weighted by molar-refractivity contribution is -0.385. The predicted octanol–water partition coefficient (Wildman–Crippen LogP) is 2.22. The Morgan fingerprint density at radius 3 is 2.80 bits per heavy atom.